The van der Waals surface area contributed by atoms with Gasteiger partial charge in [0.05, 0.1) is 19.5 Å². The SMILES string of the molecule is CC(C)(COP(=O)(O)OP(=O)(O)OC[C@H]1O[C@@H](n2cnc3c(N)ncnc32)[C@H](O)[C@@H]1OP(=O)(O)O)[C@@H](O)C(=O)NCCC(=O)NCCS[12C]([12CH3])=O. The normalized spacial score (nSPS) is 22.6. The first-order chi connectivity index (χ1) is 23.5. The van der Waals surface area contributed by atoms with Gasteiger partial charge < -0.3 is 50.9 Å². The van der Waals surface area contributed by atoms with E-state index in [9.17, 15) is 57.9 Å². The van der Waals surface area contributed by atoms with E-state index in [-0.39, 0.29) is 41.6 Å². The number of nitrogens with two attached hydrogens (primary N) is 1. The molecule has 1 aliphatic heterocycles. The van der Waals surface area contributed by atoms with Crippen molar-refractivity contribution in [2.45, 2.75) is 57.8 Å². The minimum atomic E-state index is -5.56. The standard InChI is InChI=1S/C23H38N7O17P3S/c1-12(31)51-7-6-25-14(32)4-5-26-21(35)18(34)23(2,3)9-44-50(41,42)47-49(39,40)43-8-13-17(46-48(36,37)38)16(33)22(45-13)30-11-29-15-19(24)27-10-28-20(15)30/h10-11,13,16-18,22,33-34H,4-9H2,1-3H3,(H,25,32)(H,26,35)(H,39,40)(H,41,42)(H2,24,27,28)(H2,36,37,38)/t13-,16-,17-,18+,22-/m1/s1/i1+0,12+0. The van der Waals surface area contributed by atoms with Crippen molar-refractivity contribution in [1.29, 1.82) is 0 Å². The summed E-state index contributed by atoms with van der Waals surface area (Å²) in [6.45, 7) is 1.90. The molecule has 0 radical (unpaired) electrons. The number of nitrogens with zero attached hydrogens (tertiary/aromatic N) is 4. The summed E-state index contributed by atoms with van der Waals surface area (Å²) in [5.74, 6) is -1.08. The van der Waals surface area contributed by atoms with Gasteiger partial charge in [0.25, 0.3) is 0 Å². The van der Waals surface area contributed by atoms with Crippen molar-refractivity contribution in [2.75, 3.05) is 37.8 Å². The van der Waals surface area contributed by atoms with Crippen molar-refractivity contribution in [3.63, 3.8) is 0 Å². The molecule has 0 bridgehead atoms. The highest BCUT2D eigenvalue weighted by molar-refractivity contribution is 8.13. The molecule has 51 heavy (non-hydrogen) atoms. The fourth-order valence-electron chi connectivity index (χ4n) is 4.32. The van der Waals surface area contributed by atoms with Gasteiger partial charge in [-0.3, -0.25) is 32.5 Å². The third-order valence-electron chi connectivity index (χ3n) is 6.81. The second-order valence-corrected chi connectivity index (χ2v) is 16.9. The number of anilines is 1. The zero-order chi connectivity index (χ0) is 38.4. The number of imidazole rings is 1. The Morgan fingerprint density at radius 1 is 1.08 bits per heavy atom. The number of phosphoric ester groups is 3. The van der Waals surface area contributed by atoms with E-state index in [4.69, 9.17) is 19.5 Å². The maximum atomic E-state index is 12.6. The van der Waals surface area contributed by atoms with Gasteiger partial charge in [0, 0.05) is 37.6 Å². The average Bonchev–Trinajstić information content (AvgIpc) is 3.57. The summed E-state index contributed by atoms with van der Waals surface area (Å²) < 4.78 is 61.8. The van der Waals surface area contributed by atoms with Crippen LogP contribution in [0, 0.1) is 5.41 Å². The molecule has 1 saturated heterocycles. The molecule has 7 atom stereocenters. The lowest BCUT2D eigenvalue weighted by Crippen LogP contribution is -2.46. The highest BCUT2D eigenvalue weighted by atomic mass is 32.2. The Hall–Kier alpha value is -2.44. The van der Waals surface area contributed by atoms with E-state index in [0.717, 1.165) is 29.0 Å². The maximum absolute atomic E-state index is 12.6. The van der Waals surface area contributed by atoms with Crippen LogP contribution in [0.5, 0.6) is 0 Å². The quantitative estimate of drug-likeness (QED) is 0.0587. The number of fused-ring (bicyclic) bond motifs is 1. The molecule has 1 aliphatic rings. The number of aromatic nitrogens is 4. The molecule has 0 spiro atoms. The van der Waals surface area contributed by atoms with Gasteiger partial charge in [0.15, 0.2) is 22.8 Å². The van der Waals surface area contributed by atoms with Crippen LogP contribution in [0.25, 0.3) is 11.2 Å². The number of nitrogens with one attached hydrogen (secondary N) is 2. The van der Waals surface area contributed by atoms with E-state index < -0.39 is 84.6 Å². The Morgan fingerprint density at radius 2 is 1.75 bits per heavy atom. The van der Waals surface area contributed by atoms with Crippen molar-refractivity contribution < 1.29 is 80.5 Å². The largest absolute Gasteiger partial charge is 0.481 e. The molecule has 2 aromatic rings. The van der Waals surface area contributed by atoms with Crippen LogP contribution in [0.4, 0.5) is 5.82 Å². The molecular formula is C23H38N7O17P3S. The van der Waals surface area contributed by atoms with Gasteiger partial charge in [-0.25, -0.2) is 28.6 Å². The van der Waals surface area contributed by atoms with Crippen LogP contribution in [0.2, 0.25) is 0 Å². The van der Waals surface area contributed by atoms with Crippen molar-refractivity contribution in [3.8, 4) is 0 Å². The summed E-state index contributed by atoms with van der Waals surface area (Å²) in [6.07, 6.45) is -6.88. The van der Waals surface area contributed by atoms with Gasteiger partial charge in [-0.15, -0.1) is 0 Å². The van der Waals surface area contributed by atoms with Crippen LogP contribution in [0.3, 0.4) is 0 Å². The highest BCUT2D eigenvalue weighted by Gasteiger charge is 2.50. The zero-order valence-corrected chi connectivity index (χ0v) is 30.6. The molecule has 0 saturated carbocycles. The first-order valence-corrected chi connectivity index (χ1v) is 20.0. The lowest BCUT2D eigenvalue weighted by molar-refractivity contribution is -0.137. The summed E-state index contributed by atoms with van der Waals surface area (Å²) in [6, 6.07) is 0. The summed E-state index contributed by atoms with van der Waals surface area (Å²) in [5, 5.41) is 26.1. The average molecular weight is 810 g/mol. The van der Waals surface area contributed by atoms with E-state index in [1.807, 2.05) is 0 Å². The van der Waals surface area contributed by atoms with Crippen LogP contribution in [0.1, 0.15) is 33.4 Å². The van der Waals surface area contributed by atoms with Crippen molar-refractivity contribution in [2.24, 2.45) is 5.41 Å². The van der Waals surface area contributed by atoms with Crippen LogP contribution in [0.15, 0.2) is 12.7 Å². The number of aliphatic hydroxyl groups is 2. The molecule has 3 heterocycles. The molecule has 288 valence electrons. The minimum absolute atomic E-state index is 0.0310. The molecule has 0 aliphatic carbocycles. The number of aliphatic hydroxyl groups excluding tert-OH is 2. The number of nitrogen functional groups attached to an aromatic ring is 1. The van der Waals surface area contributed by atoms with E-state index >= 15 is 0 Å². The molecular weight excluding hydrogens is 771 g/mol. The topological polar surface area (TPSA) is 364 Å². The molecule has 2 unspecified atom stereocenters. The van der Waals surface area contributed by atoms with Gasteiger partial charge in [-0.2, -0.15) is 4.31 Å². The van der Waals surface area contributed by atoms with Crippen LogP contribution in [-0.4, -0.2) is 123 Å². The lowest BCUT2D eigenvalue weighted by atomic mass is 9.87. The number of ether oxygens (including phenoxy) is 1. The van der Waals surface area contributed by atoms with Crippen molar-refractivity contribution in [1.82, 2.24) is 30.2 Å². The molecule has 2 amide bonds. The molecule has 3 rings (SSSR count). The van der Waals surface area contributed by atoms with Crippen LogP contribution >= 0.6 is 35.2 Å². The zero-order valence-electron chi connectivity index (χ0n) is 27.1. The Labute approximate surface area is 293 Å². The molecule has 2 aromatic heterocycles. The van der Waals surface area contributed by atoms with Gasteiger partial charge >= 0.3 is 23.5 Å². The Kier molecular flexibility index (Phi) is 14.8. The van der Waals surface area contributed by atoms with Gasteiger partial charge in [-0.1, -0.05) is 25.6 Å². The first-order valence-electron chi connectivity index (χ1n) is 14.5. The fraction of sp³-hybridized carbons (Fsp3) is 0.652. The highest BCUT2D eigenvalue weighted by Crippen LogP contribution is 2.61. The number of carbonyl (C=O) groups excluding carboxylic acids is 3. The summed E-state index contributed by atoms with van der Waals surface area (Å²) in [7, 11) is -16.4. The minimum Gasteiger partial charge on any atom is -0.386 e. The van der Waals surface area contributed by atoms with Crippen LogP contribution in [-0.2, 0) is 50.7 Å². The third kappa shape index (κ3) is 12.9. The van der Waals surface area contributed by atoms with E-state index in [1.165, 1.54) is 20.8 Å². The van der Waals surface area contributed by atoms with Gasteiger partial charge in [0.2, 0.25) is 11.8 Å². The number of thioether (sulfide) groups is 1. The molecule has 1 fully saturated rings. The van der Waals surface area contributed by atoms with E-state index in [1.54, 1.807) is 0 Å². The van der Waals surface area contributed by atoms with Crippen molar-refractivity contribution >= 4 is 69.1 Å². The van der Waals surface area contributed by atoms with Gasteiger partial charge in [-0.05, 0) is 0 Å². The third-order valence-corrected chi connectivity index (χ3v) is 10.7. The smallest absolute Gasteiger partial charge is 0.386 e. The number of hydrogen-bond acceptors (Lipinski definition) is 18. The number of hydrogen-bond donors (Lipinski definition) is 9. The van der Waals surface area contributed by atoms with Crippen molar-refractivity contribution in [3.05, 3.63) is 12.7 Å². The number of phosphoric acid groups is 3. The number of carbonyl (C=O) groups is 3. The first kappa shape index (κ1) is 43.0. The summed E-state index contributed by atoms with van der Waals surface area (Å²) in [5.41, 5.74) is 4.26. The second kappa shape index (κ2) is 17.6. The Bertz CT molecular complexity index is 1710. The second-order valence-electron chi connectivity index (χ2n) is 11.4. The van der Waals surface area contributed by atoms with E-state index in [0.29, 0.717) is 5.75 Å². The molecule has 0 aromatic carbocycles. The monoisotopic (exact) mass is 809 g/mol. The predicted molar refractivity (Wildman–Crippen MR) is 173 cm³/mol. The van der Waals surface area contributed by atoms with Crippen LogP contribution < -0.4 is 16.4 Å². The number of amides is 2. The summed E-state index contributed by atoms with van der Waals surface area (Å²) >= 11 is 1.03. The predicted octanol–water partition coefficient (Wildman–Crippen LogP) is -1.32. The fourth-order valence-corrected chi connectivity index (χ4v) is 7.65. The molecule has 24 nitrogen and oxygen atoms in total. The Balaban J connectivity index is 1.55. The molecule has 10 N–H and O–H groups in total. The maximum Gasteiger partial charge on any atom is 0.481 e. The Morgan fingerprint density at radius 3 is 2.39 bits per heavy atom. The summed E-state index contributed by atoms with van der Waals surface area (Å²) in [4.78, 5) is 85.9. The van der Waals surface area contributed by atoms with Gasteiger partial charge in [0.1, 0.15) is 36.3 Å². The lowest BCUT2D eigenvalue weighted by Gasteiger charge is -2.30. The molecule has 28 heteroatoms. The van der Waals surface area contributed by atoms with E-state index in [2.05, 4.69) is 34.4 Å². The number of rotatable bonds is 19.